The summed E-state index contributed by atoms with van der Waals surface area (Å²) < 4.78 is 26.5. The third-order valence-electron chi connectivity index (χ3n) is 3.99. The summed E-state index contributed by atoms with van der Waals surface area (Å²) in [5.74, 6) is -0.787. The zero-order valence-electron chi connectivity index (χ0n) is 12.0. The van der Waals surface area contributed by atoms with Gasteiger partial charge in [0.05, 0.1) is 0 Å². The van der Waals surface area contributed by atoms with E-state index in [1.807, 2.05) is 6.92 Å². The normalized spacial score (nSPS) is 21.9. The molecule has 21 heavy (non-hydrogen) atoms. The second kappa shape index (κ2) is 6.53. The van der Waals surface area contributed by atoms with Gasteiger partial charge in [-0.2, -0.15) is 4.31 Å². The number of sulfonamides is 1. The number of carbonyl (C=O) groups is 1. The van der Waals surface area contributed by atoms with Crippen molar-refractivity contribution in [1.82, 2.24) is 9.29 Å². The van der Waals surface area contributed by atoms with Crippen LogP contribution in [0, 0.1) is 11.8 Å². The average Bonchev–Trinajstić information content (AvgIpc) is 2.47. The van der Waals surface area contributed by atoms with Crippen molar-refractivity contribution in [2.24, 2.45) is 11.8 Å². The lowest BCUT2D eigenvalue weighted by atomic mass is 9.85. The van der Waals surface area contributed by atoms with Crippen molar-refractivity contribution in [3.05, 3.63) is 24.5 Å². The van der Waals surface area contributed by atoms with Gasteiger partial charge in [0.15, 0.2) is 0 Å². The topological polar surface area (TPSA) is 87.6 Å². The van der Waals surface area contributed by atoms with Crippen LogP contribution in [0.3, 0.4) is 0 Å². The summed E-state index contributed by atoms with van der Waals surface area (Å²) in [5, 5.41) is 8.88. The van der Waals surface area contributed by atoms with Crippen LogP contribution in [0.4, 0.5) is 0 Å². The van der Waals surface area contributed by atoms with Gasteiger partial charge in [0.25, 0.3) is 0 Å². The highest BCUT2D eigenvalue weighted by molar-refractivity contribution is 7.89. The first kappa shape index (κ1) is 15.9. The molecule has 1 aliphatic rings. The standard InChI is InChI=1S/C14H20N2O4S/c1-11(8-14(17)18)12-4-3-7-16(10-12)21(19,20)13-5-2-6-15-9-13/h2,5-6,9,11-12H,3-4,7-8,10H2,1H3,(H,17,18). The fourth-order valence-electron chi connectivity index (χ4n) is 2.75. The van der Waals surface area contributed by atoms with Gasteiger partial charge in [-0.25, -0.2) is 8.42 Å². The molecule has 0 amide bonds. The zero-order valence-corrected chi connectivity index (χ0v) is 12.8. The van der Waals surface area contributed by atoms with E-state index in [2.05, 4.69) is 4.98 Å². The molecule has 1 fully saturated rings. The lowest BCUT2D eigenvalue weighted by molar-refractivity contribution is -0.138. The van der Waals surface area contributed by atoms with E-state index >= 15 is 0 Å². The van der Waals surface area contributed by atoms with Gasteiger partial charge in [0, 0.05) is 31.9 Å². The molecular weight excluding hydrogens is 292 g/mol. The van der Waals surface area contributed by atoms with Crippen LogP contribution < -0.4 is 0 Å². The van der Waals surface area contributed by atoms with Crippen molar-refractivity contribution in [1.29, 1.82) is 0 Å². The van der Waals surface area contributed by atoms with Crippen LogP contribution >= 0.6 is 0 Å². The Hall–Kier alpha value is -1.47. The molecule has 0 saturated carbocycles. The summed E-state index contributed by atoms with van der Waals surface area (Å²) in [6.45, 7) is 2.73. The molecule has 0 spiro atoms. The quantitative estimate of drug-likeness (QED) is 0.892. The molecule has 2 rings (SSSR count). The van der Waals surface area contributed by atoms with Crippen molar-refractivity contribution < 1.29 is 18.3 Å². The van der Waals surface area contributed by atoms with Gasteiger partial charge < -0.3 is 5.11 Å². The first-order chi connectivity index (χ1) is 9.91. The van der Waals surface area contributed by atoms with Gasteiger partial charge >= 0.3 is 5.97 Å². The minimum Gasteiger partial charge on any atom is -0.481 e. The van der Waals surface area contributed by atoms with E-state index in [9.17, 15) is 13.2 Å². The molecule has 1 aromatic heterocycles. The molecule has 6 nitrogen and oxygen atoms in total. The average molecular weight is 312 g/mol. The predicted octanol–water partition coefficient (Wildman–Crippen LogP) is 1.59. The molecular formula is C14H20N2O4S. The van der Waals surface area contributed by atoms with Crippen molar-refractivity contribution in [3.8, 4) is 0 Å². The largest absolute Gasteiger partial charge is 0.481 e. The molecule has 1 N–H and O–H groups in total. The van der Waals surface area contributed by atoms with Gasteiger partial charge in [-0.15, -0.1) is 0 Å². The molecule has 1 aromatic rings. The van der Waals surface area contributed by atoms with Crippen molar-refractivity contribution in [2.75, 3.05) is 13.1 Å². The van der Waals surface area contributed by atoms with Gasteiger partial charge in [-0.3, -0.25) is 9.78 Å². The summed E-state index contributed by atoms with van der Waals surface area (Å²) in [5.41, 5.74) is 0. The molecule has 1 saturated heterocycles. The molecule has 0 aliphatic carbocycles. The lowest BCUT2D eigenvalue weighted by Crippen LogP contribution is -2.42. The van der Waals surface area contributed by atoms with Gasteiger partial charge in [0.1, 0.15) is 4.90 Å². The number of nitrogens with zero attached hydrogens (tertiary/aromatic N) is 2. The van der Waals surface area contributed by atoms with Crippen molar-refractivity contribution >= 4 is 16.0 Å². The fraction of sp³-hybridized carbons (Fsp3) is 0.571. The Morgan fingerprint density at radius 3 is 2.95 bits per heavy atom. The first-order valence-electron chi connectivity index (χ1n) is 7.03. The van der Waals surface area contributed by atoms with E-state index in [-0.39, 0.29) is 23.2 Å². The Bertz CT molecular complexity index is 588. The van der Waals surface area contributed by atoms with Crippen LogP contribution in [0.25, 0.3) is 0 Å². The second-order valence-electron chi connectivity index (χ2n) is 5.53. The highest BCUT2D eigenvalue weighted by atomic mass is 32.2. The fourth-order valence-corrected chi connectivity index (χ4v) is 4.25. The Morgan fingerprint density at radius 1 is 1.57 bits per heavy atom. The number of carboxylic acids is 1. The second-order valence-corrected chi connectivity index (χ2v) is 7.47. The van der Waals surface area contributed by atoms with Crippen LogP contribution in [0.15, 0.2) is 29.4 Å². The predicted molar refractivity (Wildman–Crippen MR) is 77.1 cm³/mol. The van der Waals surface area contributed by atoms with E-state index in [4.69, 9.17) is 5.11 Å². The lowest BCUT2D eigenvalue weighted by Gasteiger charge is -2.34. The van der Waals surface area contributed by atoms with Gasteiger partial charge in [-0.1, -0.05) is 6.92 Å². The highest BCUT2D eigenvalue weighted by Crippen LogP contribution is 2.29. The molecule has 0 aromatic carbocycles. The smallest absolute Gasteiger partial charge is 0.303 e. The summed E-state index contributed by atoms with van der Waals surface area (Å²) >= 11 is 0. The minimum absolute atomic E-state index is 0.0330. The van der Waals surface area contributed by atoms with Crippen molar-refractivity contribution in [2.45, 2.75) is 31.1 Å². The first-order valence-corrected chi connectivity index (χ1v) is 8.47. The van der Waals surface area contributed by atoms with Gasteiger partial charge in [0.2, 0.25) is 10.0 Å². The minimum atomic E-state index is -3.53. The summed E-state index contributed by atoms with van der Waals surface area (Å²) in [6, 6.07) is 3.13. The summed E-state index contributed by atoms with van der Waals surface area (Å²) in [4.78, 5) is 14.9. The van der Waals surface area contributed by atoms with Gasteiger partial charge in [-0.05, 0) is 36.8 Å². The number of carboxylic acid groups (broad SMARTS) is 1. The molecule has 0 radical (unpaired) electrons. The van der Waals surface area contributed by atoms with E-state index in [0.717, 1.165) is 12.8 Å². The van der Waals surface area contributed by atoms with Crippen LogP contribution in [0.5, 0.6) is 0 Å². The van der Waals surface area contributed by atoms with E-state index in [1.165, 1.54) is 22.8 Å². The summed E-state index contributed by atoms with van der Waals surface area (Å²) in [7, 11) is -3.53. The number of piperidine rings is 1. The number of hydrogen-bond donors (Lipinski definition) is 1. The third kappa shape index (κ3) is 3.79. The maximum absolute atomic E-state index is 12.5. The third-order valence-corrected chi connectivity index (χ3v) is 5.84. The Morgan fingerprint density at radius 2 is 2.33 bits per heavy atom. The highest BCUT2D eigenvalue weighted by Gasteiger charge is 2.33. The number of aliphatic carboxylic acids is 1. The van der Waals surface area contributed by atoms with Crippen LogP contribution in [0.2, 0.25) is 0 Å². The molecule has 2 unspecified atom stereocenters. The molecule has 2 atom stereocenters. The monoisotopic (exact) mass is 312 g/mol. The SMILES string of the molecule is CC(CC(=O)O)C1CCCN(S(=O)(=O)c2cccnc2)C1. The Kier molecular flexibility index (Phi) is 4.95. The van der Waals surface area contributed by atoms with E-state index < -0.39 is 16.0 Å². The number of rotatable bonds is 5. The van der Waals surface area contributed by atoms with Crippen LogP contribution in [-0.4, -0.2) is 41.9 Å². The number of pyridine rings is 1. The van der Waals surface area contributed by atoms with E-state index in [0.29, 0.717) is 13.1 Å². The van der Waals surface area contributed by atoms with Crippen LogP contribution in [-0.2, 0) is 14.8 Å². The van der Waals surface area contributed by atoms with Crippen LogP contribution in [0.1, 0.15) is 26.2 Å². The molecule has 2 heterocycles. The summed E-state index contributed by atoms with van der Waals surface area (Å²) in [6.07, 6.45) is 4.58. The van der Waals surface area contributed by atoms with E-state index in [1.54, 1.807) is 6.07 Å². The Labute approximate surface area is 124 Å². The molecule has 116 valence electrons. The maximum atomic E-state index is 12.5. The van der Waals surface area contributed by atoms with Crippen molar-refractivity contribution in [3.63, 3.8) is 0 Å². The Balaban J connectivity index is 2.12. The molecule has 0 bridgehead atoms. The molecule has 1 aliphatic heterocycles. The number of hydrogen-bond acceptors (Lipinski definition) is 4. The number of aromatic nitrogens is 1. The zero-order chi connectivity index (χ0) is 15.5. The maximum Gasteiger partial charge on any atom is 0.303 e. The molecule has 7 heteroatoms.